The Labute approximate surface area is 237 Å². The third-order valence-electron chi connectivity index (χ3n) is 7.25. The third-order valence-corrected chi connectivity index (χ3v) is 9.04. The summed E-state index contributed by atoms with van der Waals surface area (Å²) in [5, 5.41) is 3.13. The molecule has 212 valence electrons. The average Bonchev–Trinajstić information content (AvgIpc) is 3.50. The Hall–Kier alpha value is -3.85. The van der Waals surface area contributed by atoms with Gasteiger partial charge in [0, 0.05) is 12.6 Å². The van der Waals surface area contributed by atoms with Crippen LogP contribution in [0.1, 0.15) is 44.6 Å². The summed E-state index contributed by atoms with van der Waals surface area (Å²) in [5.41, 5.74) is 1.17. The van der Waals surface area contributed by atoms with Crippen LogP contribution < -0.4 is 14.4 Å². The molecule has 4 rings (SSSR count). The fourth-order valence-electron chi connectivity index (χ4n) is 5.06. The van der Waals surface area contributed by atoms with Crippen molar-refractivity contribution in [1.29, 1.82) is 0 Å². The second-order valence-electron chi connectivity index (χ2n) is 9.94. The molecule has 1 saturated carbocycles. The van der Waals surface area contributed by atoms with Crippen molar-refractivity contribution >= 4 is 27.5 Å². The fourth-order valence-corrected chi connectivity index (χ4v) is 6.49. The van der Waals surface area contributed by atoms with Gasteiger partial charge in [-0.05, 0) is 61.2 Å². The predicted octanol–water partition coefficient (Wildman–Crippen LogP) is 4.76. The van der Waals surface area contributed by atoms with Gasteiger partial charge in [0.15, 0.2) is 0 Å². The molecule has 1 aliphatic carbocycles. The summed E-state index contributed by atoms with van der Waals surface area (Å²) in [6.45, 7) is 1.56. The van der Waals surface area contributed by atoms with Gasteiger partial charge < -0.3 is 15.0 Å². The number of hydrogen-bond acceptors (Lipinski definition) is 5. The molecule has 9 heteroatoms. The molecule has 1 aliphatic rings. The van der Waals surface area contributed by atoms with E-state index in [1.165, 1.54) is 17.0 Å². The molecular weight excluding hydrogens is 526 g/mol. The van der Waals surface area contributed by atoms with Crippen molar-refractivity contribution in [1.82, 2.24) is 10.2 Å². The first-order valence-corrected chi connectivity index (χ1v) is 15.1. The minimum absolute atomic E-state index is 0.0828. The molecule has 2 amide bonds. The molecule has 0 aromatic heterocycles. The number of sulfonamides is 1. The zero-order valence-electron chi connectivity index (χ0n) is 23.0. The number of anilines is 1. The van der Waals surface area contributed by atoms with Crippen molar-refractivity contribution in [2.24, 2.45) is 0 Å². The van der Waals surface area contributed by atoms with Crippen LogP contribution in [0.15, 0.2) is 89.8 Å². The van der Waals surface area contributed by atoms with Crippen LogP contribution in [0.4, 0.5) is 5.69 Å². The Morgan fingerprint density at radius 3 is 2.10 bits per heavy atom. The molecule has 0 spiro atoms. The van der Waals surface area contributed by atoms with Crippen LogP contribution in [-0.4, -0.2) is 50.9 Å². The van der Waals surface area contributed by atoms with Gasteiger partial charge in [0.05, 0.1) is 17.7 Å². The molecule has 0 radical (unpaired) electrons. The summed E-state index contributed by atoms with van der Waals surface area (Å²) >= 11 is 0. The molecule has 40 heavy (non-hydrogen) atoms. The first-order chi connectivity index (χ1) is 19.3. The Morgan fingerprint density at radius 1 is 0.925 bits per heavy atom. The number of nitrogens with one attached hydrogen (secondary N) is 1. The van der Waals surface area contributed by atoms with E-state index < -0.39 is 28.5 Å². The molecule has 3 aromatic rings. The van der Waals surface area contributed by atoms with Crippen LogP contribution in [0, 0.1) is 0 Å². The number of para-hydroxylation sites is 1. The monoisotopic (exact) mass is 563 g/mol. The van der Waals surface area contributed by atoms with E-state index in [0.717, 1.165) is 35.6 Å². The predicted molar refractivity (Wildman–Crippen MR) is 155 cm³/mol. The van der Waals surface area contributed by atoms with E-state index in [-0.39, 0.29) is 23.4 Å². The maximum Gasteiger partial charge on any atom is 0.264 e. The minimum Gasteiger partial charge on any atom is -0.497 e. The summed E-state index contributed by atoms with van der Waals surface area (Å²) in [6, 6.07) is 23.2. The van der Waals surface area contributed by atoms with E-state index in [4.69, 9.17) is 4.74 Å². The molecule has 0 bridgehead atoms. The molecule has 0 unspecified atom stereocenters. The number of carbonyl (C=O) groups excluding carboxylic acids is 2. The van der Waals surface area contributed by atoms with E-state index in [1.54, 1.807) is 67.8 Å². The average molecular weight is 564 g/mol. The third kappa shape index (κ3) is 7.01. The Morgan fingerprint density at radius 2 is 1.52 bits per heavy atom. The summed E-state index contributed by atoms with van der Waals surface area (Å²) in [5.74, 6) is -0.00195. The summed E-state index contributed by atoms with van der Waals surface area (Å²) < 4.78 is 34.0. The molecule has 0 aliphatic heterocycles. The minimum atomic E-state index is -4.07. The zero-order valence-corrected chi connectivity index (χ0v) is 23.8. The Kier molecular flexibility index (Phi) is 9.82. The quantitative estimate of drug-likeness (QED) is 0.343. The van der Waals surface area contributed by atoms with Crippen molar-refractivity contribution in [3.8, 4) is 5.75 Å². The van der Waals surface area contributed by atoms with Gasteiger partial charge in [-0.25, -0.2) is 8.42 Å². The highest BCUT2D eigenvalue weighted by atomic mass is 32.2. The highest BCUT2D eigenvalue weighted by Crippen LogP contribution is 2.25. The SMILES string of the molecule is CC[C@H](C(=O)NC1CCCC1)N(Cc1ccc(OC)cc1)C(=O)CN(c1ccccc1)S(=O)(=O)c1ccccc1. The van der Waals surface area contributed by atoms with E-state index in [1.807, 2.05) is 19.1 Å². The number of amides is 2. The number of benzene rings is 3. The number of nitrogens with zero attached hydrogens (tertiary/aromatic N) is 2. The van der Waals surface area contributed by atoms with Crippen LogP contribution in [0.25, 0.3) is 0 Å². The number of rotatable bonds is 12. The maximum atomic E-state index is 14.1. The van der Waals surface area contributed by atoms with Crippen molar-refractivity contribution < 1.29 is 22.7 Å². The van der Waals surface area contributed by atoms with E-state index in [2.05, 4.69) is 5.32 Å². The lowest BCUT2D eigenvalue weighted by atomic mass is 10.1. The van der Waals surface area contributed by atoms with Crippen molar-refractivity contribution in [2.75, 3.05) is 18.0 Å². The van der Waals surface area contributed by atoms with Crippen LogP contribution in [0.3, 0.4) is 0 Å². The topological polar surface area (TPSA) is 96.0 Å². The van der Waals surface area contributed by atoms with E-state index >= 15 is 0 Å². The molecule has 8 nitrogen and oxygen atoms in total. The van der Waals surface area contributed by atoms with Crippen LogP contribution in [-0.2, 0) is 26.2 Å². The molecule has 0 heterocycles. The van der Waals surface area contributed by atoms with Gasteiger partial charge in [-0.15, -0.1) is 0 Å². The maximum absolute atomic E-state index is 14.1. The molecule has 1 atom stereocenters. The van der Waals surface area contributed by atoms with Gasteiger partial charge in [-0.3, -0.25) is 13.9 Å². The lowest BCUT2D eigenvalue weighted by Gasteiger charge is -2.33. The van der Waals surface area contributed by atoms with Crippen LogP contribution >= 0.6 is 0 Å². The van der Waals surface area contributed by atoms with Crippen molar-refractivity contribution in [2.45, 2.75) is 62.6 Å². The Bertz CT molecular complexity index is 1360. The number of ether oxygens (including phenoxy) is 1. The molecular formula is C31H37N3O5S. The largest absolute Gasteiger partial charge is 0.497 e. The fraction of sp³-hybridized carbons (Fsp3) is 0.355. The van der Waals surface area contributed by atoms with Gasteiger partial charge in [0.2, 0.25) is 11.8 Å². The molecule has 1 fully saturated rings. The highest BCUT2D eigenvalue weighted by Gasteiger charge is 2.34. The number of methoxy groups -OCH3 is 1. The summed E-state index contributed by atoms with van der Waals surface area (Å²) in [4.78, 5) is 29.2. The molecule has 3 aromatic carbocycles. The number of hydrogen-bond donors (Lipinski definition) is 1. The first kappa shape index (κ1) is 29.1. The highest BCUT2D eigenvalue weighted by molar-refractivity contribution is 7.92. The van der Waals surface area contributed by atoms with Crippen LogP contribution in [0.5, 0.6) is 5.75 Å². The second kappa shape index (κ2) is 13.5. The molecule has 1 N–H and O–H groups in total. The normalized spacial score (nSPS) is 14.3. The van der Waals surface area contributed by atoms with Gasteiger partial charge in [-0.2, -0.15) is 0 Å². The van der Waals surface area contributed by atoms with Gasteiger partial charge in [0.1, 0.15) is 18.3 Å². The number of carbonyl (C=O) groups is 2. The Balaban J connectivity index is 1.68. The molecule has 0 saturated heterocycles. The van der Waals surface area contributed by atoms with E-state index in [0.29, 0.717) is 17.9 Å². The summed E-state index contributed by atoms with van der Waals surface area (Å²) in [7, 11) is -2.49. The zero-order chi connectivity index (χ0) is 28.5. The standard InChI is InChI=1S/C31H37N3O5S/c1-3-29(31(36)32-25-12-10-11-13-25)33(22-24-18-20-27(39-2)21-19-24)30(35)23-34(26-14-6-4-7-15-26)40(37,38)28-16-8-5-9-17-28/h4-9,14-21,25,29H,3,10-13,22-23H2,1-2H3,(H,32,36)/t29-/m1/s1. The van der Waals surface area contributed by atoms with Gasteiger partial charge >= 0.3 is 0 Å². The van der Waals surface area contributed by atoms with Crippen LogP contribution in [0.2, 0.25) is 0 Å². The van der Waals surface area contributed by atoms with E-state index in [9.17, 15) is 18.0 Å². The first-order valence-electron chi connectivity index (χ1n) is 13.7. The van der Waals surface area contributed by atoms with Gasteiger partial charge in [-0.1, -0.05) is 68.3 Å². The summed E-state index contributed by atoms with van der Waals surface area (Å²) in [6.07, 6.45) is 4.37. The lowest BCUT2D eigenvalue weighted by Crippen LogP contribution is -2.53. The smallest absolute Gasteiger partial charge is 0.264 e. The van der Waals surface area contributed by atoms with Crippen molar-refractivity contribution in [3.05, 3.63) is 90.5 Å². The lowest BCUT2D eigenvalue weighted by molar-refractivity contribution is -0.140. The van der Waals surface area contributed by atoms with Crippen molar-refractivity contribution in [3.63, 3.8) is 0 Å². The second-order valence-corrected chi connectivity index (χ2v) is 11.8. The van der Waals surface area contributed by atoms with Gasteiger partial charge in [0.25, 0.3) is 10.0 Å².